The number of halogens is 4. The molecule has 1 aromatic heterocycles. The lowest BCUT2D eigenvalue weighted by Crippen LogP contribution is -2.13. The molecule has 0 unspecified atom stereocenters. The van der Waals surface area contributed by atoms with Crippen molar-refractivity contribution in [1.82, 2.24) is 10.2 Å². The van der Waals surface area contributed by atoms with Crippen LogP contribution in [0.2, 0.25) is 0 Å². The number of aliphatic hydroxyl groups is 1. The summed E-state index contributed by atoms with van der Waals surface area (Å²) in [5.41, 5.74) is 5.00. The Morgan fingerprint density at radius 1 is 0.970 bits per heavy atom. The van der Waals surface area contributed by atoms with Crippen LogP contribution in [-0.4, -0.2) is 35.1 Å². The van der Waals surface area contributed by atoms with Gasteiger partial charge in [0.25, 0.3) is 0 Å². The molecule has 0 aliphatic carbocycles. The van der Waals surface area contributed by atoms with E-state index in [4.69, 9.17) is 20.3 Å². The van der Waals surface area contributed by atoms with Crippen LogP contribution in [0.4, 0.5) is 17.6 Å². The van der Waals surface area contributed by atoms with Crippen LogP contribution in [0.1, 0.15) is 35.9 Å². The molecule has 3 N–H and O–H groups in total. The lowest BCUT2D eigenvalue weighted by Gasteiger charge is -2.15. The molecule has 0 bridgehead atoms. The zero-order chi connectivity index (χ0) is 23.8. The van der Waals surface area contributed by atoms with Crippen LogP contribution in [0.3, 0.4) is 0 Å². The SMILES string of the molecule is N[C@@H](CO)c1nnc(-c2ccc(OCCCCCOc3ccccc3F)c(C(F)(F)F)c2)s1. The highest BCUT2D eigenvalue weighted by Gasteiger charge is 2.35. The summed E-state index contributed by atoms with van der Waals surface area (Å²) in [6.45, 7) is 0.0497. The molecule has 6 nitrogen and oxygen atoms in total. The molecular formula is C22H23F4N3O3S. The van der Waals surface area contributed by atoms with Gasteiger partial charge >= 0.3 is 6.18 Å². The van der Waals surface area contributed by atoms with E-state index in [-0.39, 0.29) is 35.3 Å². The minimum absolute atomic E-state index is 0.0937. The molecule has 0 fully saturated rings. The molecule has 3 aromatic rings. The zero-order valence-corrected chi connectivity index (χ0v) is 18.3. The summed E-state index contributed by atoms with van der Waals surface area (Å²) in [6, 6.07) is 9.03. The first-order chi connectivity index (χ1) is 15.8. The summed E-state index contributed by atoms with van der Waals surface area (Å²) in [5, 5.41) is 17.4. The number of aromatic nitrogens is 2. The lowest BCUT2D eigenvalue weighted by atomic mass is 10.1. The van der Waals surface area contributed by atoms with Crippen molar-refractivity contribution in [3.8, 4) is 22.1 Å². The standard InChI is InChI=1S/C22H23F4N3O3S/c23-16-6-2-3-7-19(16)32-11-5-1-4-10-31-18-9-8-14(12-15(18)22(24,25)26)20-28-29-21(33-20)17(27)13-30/h2-3,6-9,12,17,30H,1,4-5,10-11,13,27H2/t17-/m0/s1. The number of benzene rings is 2. The van der Waals surface area contributed by atoms with Gasteiger partial charge in [-0.25, -0.2) is 4.39 Å². The number of nitrogens with zero attached hydrogens (tertiary/aromatic N) is 2. The second-order valence-electron chi connectivity index (χ2n) is 7.13. The quantitative estimate of drug-likeness (QED) is 0.294. The predicted molar refractivity (Wildman–Crippen MR) is 116 cm³/mol. The predicted octanol–water partition coefficient (Wildman–Crippen LogP) is 4.98. The Bertz CT molecular complexity index is 1050. The van der Waals surface area contributed by atoms with Crippen molar-refractivity contribution in [2.45, 2.75) is 31.5 Å². The van der Waals surface area contributed by atoms with Crippen LogP contribution < -0.4 is 15.2 Å². The third-order valence-electron chi connectivity index (χ3n) is 4.63. The van der Waals surface area contributed by atoms with E-state index in [2.05, 4.69) is 10.2 Å². The summed E-state index contributed by atoms with van der Waals surface area (Å²) < 4.78 is 65.0. The molecule has 0 saturated carbocycles. The van der Waals surface area contributed by atoms with Gasteiger partial charge < -0.3 is 20.3 Å². The van der Waals surface area contributed by atoms with Crippen LogP contribution in [0.5, 0.6) is 11.5 Å². The highest BCUT2D eigenvalue weighted by molar-refractivity contribution is 7.14. The smallest absolute Gasteiger partial charge is 0.419 e. The summed E-state index contributed by atoms with van der Waals surface area (Å²) in [6.07, 6.45) is -2.85. The number of alkyl halides is 3. The summed E-state index contributed by atoms with van der Waals surface area (Å²) in [4.78, 5) is 0. The van der Waals surface area contributed by atoms with Gasteiger partial charge in [-0.1, -0.05) is 23.5 Å². The van der Waals surface area contributed by atoms with E-state index in [1.165, 1.54) is 24.3 Å². The molecule has 2 aromatic carbocycles. The van der Waals surface area contributed by atoms with Crippen molar-refractivity contribution in [3.05, 3.63) is 58.9 Å². The molecule has 0 saturated heterocycles. The molecule has 1 atom stereocenters. The number of para-hydroxylation sites is 1. The fourth-order valence-corrected chi connectivity index (χ4v) is 3.73. The third kappa shape index (κ3) is 6.86. The molecule has 0 aliphatic rings. The minimum atomic E-state index is -4.62. The molecule has 33 heavy (non-hydrogen) atoms. The van der Waals surface area contributed by atoms with Gasteiger partial charge in [0.2, 0.25) is 0 Å². The molecule has 0 radical (unpaired) electrons. The van der Waals surface area contributed by atoms with Crippen LogP contribution in [0.15, 0.2) is 42.5 Å². The summed E-state index contributed by atoms with van der Waals surface area (Å²) >= 11 is 1.02. The fraction of sp³-hybridized carbons (Fsp3) is 0.364. The van der Waals surface area contributed by atoms with Crippen molar-refractivity contribution < 1.29 is 32.1 Å². The fourth-order valence-electron chi connectivity index (χ4n) is 2.90. The van der Waals surface area contributed by atoms with Gasteiger partial charge in [-0.2, -0.15) is 13.2 Å². The number of aliphatic hydroxyl groups excluding tert-OH is 1. The number of hydrogen-bond acceptors (Lipinski definition) is 7. The molecule has 1 heterocycles. The maximum Gasteiger partial charge on any atom is 0.419 e. The Hall–Kier alpha value is -2.76. The van der Waals surface area contributed by atoms with Gasteiger partial charge in [0, 0.05) is 5.56 Å². The van der Waals surface area contributed by atoms with E-state index in [1.807, 2.05) is 0 Å². The molecule has 11 heteroatoms. The van der Waals surface area contributed by atoms with Gasteiger partial charge in [-0.05, 0) is 49.6 Å². The van der Waals surface area contributed by atoms with Gasteiger partial charge in [0.15, 0.2) is 11.6 Å². The molecule has 3 rings (SSSR count). The average molecular weight is 486 g/mol. The Labute approximate surface area is 192 Å². The number of unbranched alkanes of at least 4 members (excludes halogenated alkanes) is 2. The number of ether oxygens (including phenoxy) is 2. The first-order valence-electron chi connectivity index (χ1n) is 10.2. The first-order valence-corrected chi connectivity index (χ1v) is 11.0. The van der Waals surface area contributed by atoms with Gasteiger partial charge in [0.1, 0.15) is 15.8 Å². The number of rotatable bonds is 11. The van der Waals surface area contributed by atoms with Crippen molar-refractivity contribution in [1.29, 1.82) is 0 Å². The van der Waals surface area contributed by atoms with E-state index in [9.17, 15) is 17.6 Å². The van der Waals surface area contributed by atoms with E-state index < -0.39 is 23.6 Å². The van der Waals surface area contributed by atoms with Gasteiger partial charge in [0.05, 0.1) is 31.4 Å². The maximum atomic E-state index is 13.6. The second kappa shape index (κ2) is 11.4. The van der Waals surface area contributed by atoms with E-state index in [0.717, 1.165) is 17.4 Å². The topological polar surface area (TPSA) is 90.5 Å². The molecule has 0 amide bonds. The minimum Gasteiger partial charge on any atom is -0.493 e. The number of hydrogen-bond donors (Lipinski definition) is 2. The largest absolute Gasteiger partial charge is 0.493 e. The monoisotopic (exact) mass is 485 g/mol. The highest BCUT2D eigenvalue weighted by atomic mass is 32.1. The Kier molecular flexibility index (Phi) is 8.59. The molecule has 178 valence electrons. The van der Waals surface area contributed by atoms with Crippen molar-refractivity contribution in [2.75, 3.05) is 19.8 Å². The average Bonchev–Trinajstić information content (AvgIpc) is 3.29. The Morgan fingerprint density at radius 2 is 1.67 bits per heavy atom. The van der Waals surface area contributed by atoms with E-state index >= 15 is 0 Å². The van der Waals surface area contributed by atoms with Crippen LogP contribution in [0, 0.1) is 5.82 Å². The van der Waals surface area contributed by atoms with Gasteiger partial charge in [-0.15, -0.1) is 10.2 Å². The van der Waals surface area contributed by atoms with Gasteiger partial charge in [-0.3, -0.25) is 0 Å². The van der Waals surface area contributed by atoms with E-state index in [0.29, 0.717) is 30.9 Å². The lowest BCUT2D eigenvalue weighted by molar-refractivity contribution is -0.138. The van der Waals surface area contributed by atoms with E-state index in [1.54, 1.807) is 12.1 Å². The molecule has 0 spiro atoms. The molecule has 0 aliphatic heterocycles. The summed E-state index contributed by atoms with van der Waals surface area (Å²) in [7, 11) is 0. The number of nitrogens with two attached hydrogens (primary N) is 1. The van der Waals surface area contributed by atoms with Crippen LogP contribution in [-0.2, 0) is 6.18 Å². The summed E-state index contributed by atoms with van der Waals surface area (Å²) in [5.74, 6) is -0.542. The Morgan fingerprint density at radius 3 is 2.33 bits per heavy atom. The Balaban J connectivity index is 1.54. The second-order valence-corrected chi connectivity index (χ2v) is 8.14. The molecular weight excluding hydrogens is 462 g/mol. The van der Waals surface area contributed by atoms with Crippen LogP contribution in [0.25, 0.3) is 10.6 Å². The zero-order valence-electron chi connectivity index (χ0n) is 17.5. The van der Waals surface area contributed by atoms with Crippen molar-refractivity contribution >= 4 is 11.3 Å². The first kappa shape index (κ1) is 24.9. The van der Waals surface area contributed by atoms with Crippen LogP contribution >= 0.6 is 11.3 Å². The third-order valence-corrected chi connectivity index (χ3v) is 5.73. The van der Waals surface area contributed by atoms with Crippen molar-refractivity contribution in [2.24, 2.45) is 5.73 Å². The van der Waals surface area contributed by atoms with Crippen molar-refractivity contribution in [3.63, 3.8) is 0 Å². The maximum absolute atomic E-state index is 13.6. The normalized spacial score (nSPS) is 12.5. The highest BCUT2D eigenvalue weighted by Crippen LogP contribution is 2.39.